The summed E-state index contributed by atoms with van der Waals surface area (Å²) in [7, 11) is 1.29. The van der Waals surface area contributed by atoms with Gasteiger partial charge >= 0.3 is 5.97 Å². The number of esters is 1. The molecule has 1 saturated heterocycles. The van der Waals surface area contributed by atoms with Gasteiger partial charge in [-0.3, -0.25) is 14.5 Å². The molecule has 0 aromatic rings. The van der Waals surface area contributed by atoms with E-state index in [9.17, 15) is 14.4 Å². The number of carbonyl (C=O) groups excluding carboxylic acids is 3. The number of likely N-dealkylation sites (tertiary alicyclic amines) is 1. The first-order chi connectivity index (χ1) is 8.58. The number of nitrogens with zero attached hydrogens (tertiary/aromatic N) is 1. The van der Waals surface area contributed by atoms with Gasteiger partial charge in [0.15, 0.2) is 0 Å². The second kappa shape index (κ2) is 4.94. The molecule has 0 N–H and O–H groups in total. The van der Waals surface area contributed by atoms with Gasteiger partial charge in [-0.25, -0.2) is 4.79 Å². The fraction of sp³-hybridized carbons (Fsp3) is 0.417. The molecule has 1 fully saturated rings. The van der Waals surface area contributed by atoms with Gasteiger partial charge in [0.2, 0.25) is 11.8 Å². The molecule has 6 heteroatoms. The predicted octanol–water partition coefficient (Wildman–Crippen LogP) is 0.987. The molecule has 2 amide bonds. The highest BCUT2D eigenvalue weighted by molar-refractivity contribution is 6.28. The Labute approximate surface area is 109 Å². The summed E-state index contributed by atoms with van der Waals surface area (Å²) in [6.45, 7) is 0. The van der Waals surface area contributed by atoms with Crippen LogP contribution in [-0.2, 0) is 19.1 Å². The zero-order chi connectivity index (χ0) is 13.3. The third-order valence-electron chi connectivity index (χ3n) is 3.06. The molecule has 0 aromatic carbocycles. The SMILES string of the molecule is COC(=O)C1=CCC2CC(=O)N(C(=O)CCl)C2=C1. The molecular formula is C12H12ClNO4. The molecule has 1 unspecified atom stereocenters. The summed E-state index contributed by atoms with van der Waals surface area (Å²) in [5, 5.41) is 0. The number of rotatable bonds is 2. The van der Waals surface area contributed by atoms with E-state index in [1.807, 2.05) is 0 Å². The van der Waals surface area contributed by atoms with Crippen LogP contribution in [0.1, 0.15) is 12.8 Å². The second-order valence-electron chi connectivity index (χ2n) is 4.11. The fourth-order valence-corrected chi connectivity index (χ4v) is 2.33. The highest BCUT2D eigenvalue weighted by Crippen LogP contribution is 2.36. The number of imide groups is 1. The van der Waals surface area contributed by atoms with Crippen molar-refractivity contribution in [1.29, 1.82) is 0 Å². The molecule has 5 nitrogen and oxygen atoms in total. The zero-order valence-electron chi connectivity index (χ0n) is 9.81. The third kappa shape index (κ3) is 2.06. The van der Waals surface area contributed by atoms with Crippen molar-refractivity contribution in [2.45, 2.75) is 12.8 Å². The number of alkyl halides is 1. The number of fused-ring (bicyclic) bond motifs is 1. The first-order valence-corrected chi connectivity index (χ1v) is 6.03. The number of amides is 2. The number of halogens is 1. The van der Waals surface area contributed by atoms with Crippen LogP contribution in [0.15, 0.2) is 23.4 Å². The summed E-state index contributed by atoms with van der Waals surface area (Å²) < 4.78 is 4.62. The number of carbonyl (C=O) groups is 3. The summed E-state index contributed by atoms with van der Waals surface area (Å²) in [5.74, 6) is -1.50. The summed E-state index contributed by atoms with van der Waals surface area (Å²) in [5.41, 5.74) is 0.916. The summed E-state index contributed by atoms with van der Waals surface area (Å²) >= 11 is 5.48. The maximum atomic E-state index is 11.8. The molecule has 0 saturated carbocycles. The van der Waals surface area contributed by atoms with Gasteiger partial charge in [0, 0.05) is 18.0 Å². The van der Waals surface area contributed by atoms with Crippen molar-refractivity contribution in [2.24, 2.45) is 5.92 Å². The Morgan fingerprint density at radius 3 is 2.89 bits per heavy atom. The molecule has 0 bridgehead atoms. The van der Waals surface area contributed by atoms with Gasteiger partial charge in [0.25, 0.3) is 0 Å². The van der Waals surface area contributed by atoms with E-state index in [2.05, 4.69) is 4.74 Å². The molecule has 0 radical (unpaired) electrons. The zero-order valence-corrected chi connectivity index (χ0v) is 10.6. The normalized spacial score (nSPS) is 22.2. The summed E-state index contributed by atoms with van der Waals surface area (Å²) in [6.07, 6.45) is 4.09. The van der Waals surface area contributed by atoms with Crippen molar-refractivity contribution in [3.8, 4) is 0 Å². The molecule has 2 rings (SSSR count). The Kier molecular flexibility index (Phi) is 3.52. The summed E-state index contributed by atoms with van der Waals surface area (Å²) in [4.78, 5) is 35.9. The average Bonchev–Trinajstić information content (AvgIpc) is 2.71. The van der Waals surface area contributed by atoms with Gasteiger partial charge in [0.05, 0.1) is 12.7 Å². The highest BCUT2D eigenvalue weighted by atomic mass is 35.5. The van der Waals surface area contributed by atoms with Crippen LogP contribution in [0.2, 0.25) is 0 Å². The van der Waals surface area contributed by atoms with Gasteiger partial charge in [-0.2, -0.15) is 0 Å². The Bertz CT molecular complexity index is 472. The molecule has 18 heavy (non-hydrogen) atoms. The molecule has 96 valence electrons. The van der Waals surface area contributed by atoms with Gasteiger partial charge in [-0.1, -0.05) is 6.08 Å². The Balaban J connectivity index is 2.32. The van der Waals surface area contributed by atoms with Crippen LogP contribution in [0.4, 0.5) is 0 Å². The number of hydrogen-bond donors (Lipinski definition) is 0. The third-order valence-corrected chi connectivity index (χ3v) is 3.29. The minimum Gasteiger partial charge on any atom is -0.465 e. The Hall–Kier alpha value is -1.62. The largest absolute Gasteiger partial charge is 0.465 e. The molecule has 0 aromatic heterocycles. The number of ether oxygens (including phenoxy) is 1. The standard InChI is InChI=1S/C12H12ClNO4/c1-18-12(17)8-3-2-7-5-10(15)14(9(7)4-8)11(16)6-13/h3-4,7H,2,5-6H2,1H3. The molecular weight excluding hydrogens is 258 g/mol. The van der Waals surface area contributed by atoms with Gasteiger partial charge < -0.3 is 4.74 Å². The van der Waals surface area contributed by atoms with Crippen molar-refractivity contribution in [3.05, 3.63) is 23.4 Å². The molecule has 0 spiro atoms. The topological polar surface area (TPSA) is 63.7 Å². The van der Waals surface area contributed by atoms with Crippen LogP contribution < -0.4 is 0 Å². The number of methoxy groups -OCH3 is 1. The van der Waals surface area contributed by atoms with Crippen molar-refractivity contribution in [2.75, 3.05) is 13.0 Å². The summed E-state index contributed by atoms with van der Waals surface area (Å²) in [6, 6.07) is 0. The van der Waals surface area contributed by atoms with E-state index < -0.39 is 11.9 Å². The first kappa shape index (κ1) is 12.8. The van der Waals surface area contributed by atoms with Crippen LogP contribution in [0.5, 0.6) is 0 Å². The lowest BCUT2D eigenvalue weighted by Gasteiger charge is -2.20. The van der Waals surface area contributed by atoms with Crippen LogP contribution in [0, 0.1) is 5.92 Å². The lowest BCUT2D eigenvalue weighted by molar-refractivity contribution is -0.139. The van der Waals surface area contributed by atoms with E-state index in [-0.39, 0.29) is 24.1 Å². The van der Waals surface area contributed by atoms with Crippen molar-refractivity contribution in [3.63, 3.8) is 0 Å². The van der Waals surface area contributed by atoms with Gasteiger partial charge in [-0.05, 0) is 12.5 Å². The van der Waals surface area contributed by atoms with Gasteiger partial charge in [-0.15, -0.1) is 11.6 Å². The Morgan fingerprint density at radius 2 is 2.28 bits per heavy atom. The van der Waals surface area contributed by atoms with Crippen LogP contribution >= 0.6 is 11.6 Å². The molecule has 1 atom stereocenters. The minimum absolute atomic E-state index is 0.0435. The predicted molar refractivity (Wildman–Crippen MR) is 63.5 cm³/mol. The number of hydrogen-bond acceptors (Lipinski definition) is 4. The van der Waals surface area contributed by atoms with E-state index >= 15 is 0 Å². The first-order valence-electron chi connectivity index (χ1n) is 5.50. The molecule has 1 heterocycles. The van der Waals surface area contributed by atoms with E-state index in [4.69, 9.17) is 11.6 Å². The average molecular weight is 270 g/mol. The number of allylic oxidation sites excluding steroid dienone is 2. The Morgan fingerprint density at radius 1 is 1.56 bits per heavy atom. The maximum Gasteiger partial charge on any atom is 0.337 e. The maximum absolute atomic E-state index is 11.8. The van der Waals surface area contributed by atoms with Crippen molar-refractivity contribution >= 4 is 29.4 Å². The van der Waals surface area contributed by atoms with E-state index in [1.54, 1.807) is 6.08 Å². The van der Waals surface area contributed by atoms with E-state index in [0.29, 0.717) is 17.7 Å². The van der Waals surface area contributed by atoms with Crippen molar-refractivity contribution < 1.29 is 19.1 Å². The smallest absolute Gasteiger partial charge is 0.337 e. The molecule has 2 aliphatic rings. The van der Waals surface area contributed by atoms with E-state index in [0.717, 1.165) is 4.90 Å². The van der Waals surface area contributed by atoms with Crippen LogP contribution in [0.3, 0.4) is 0 Å². The fourth-order valence-electron chi connectivity index (χ4n) is 2.21. The van der Waals surface area contributed by atoms with Crippen molar-refractivity contribution in [1.82, 2.24) is 4.90 Å². The molecule has 1 aliphatic heterocycles. The quantitative estimate of drug-likeness (QED) is 0.554. The van der Waals surface area contributed by atoms with Gasteiger partial charge in [0.1, 0.15) is 5.88 Å². The lowest BCUT2D eigenvalue weighted by atomic mass is 9.93. The second-order valence-corrected chi connectivity index (χ2v) is 4.38. The monoisotopic (exact) mass is 269 g/mol. The van der Waals surface area contributed by atoms with Crippen LogP contribution in [0.25, 0.3) is 0 Å². The lowest BCUT2D eigenvalue weighted by Crippen LogP contribution is -2.32. The highest BCUT2D eigenvalue weighted by Gasteiger charge is 2.39. The molecule has 1 aliphatic carbocycles. The van der Waals surface area contributed by atoms with Crippen LogP contribution in [-0.4, -0.2) is 35.7 Å². The van der Waals surface area contributed by atoms with E-state index in [1.165, 1.54) is 13.2 Å². The minimum atomic E-state index is -0.474.